The van der Waals surface area contributed by atoms with E-state index in [1.54, 1.807) is 11.3 Å². The Morgan fingerprint density at radius 3 is 2.89 bits per heavy atom. The maximum absolute atomic E-state index is 6.22. The summed E-state index contributed by atoms with van der Waals surface area (Å²) in [5.41, 5.74) is 1.92. The van der Waals surface area contributed by atoms with Gasteiger partial charge < -0.3 is 5.32 Å². The topological polar surface area (TPSA) is 24.9 Å². The largest absolute Gasteiger partial charge is 0.308 e. The molecule has 18 heavy (non-hydrogen) atoms. The lowest BCUT2D eigenvalue weighted by molar-refractivity contribution is 0.587. The highest BCUT2D eigenvalue weighted by molar-refractivity contribution is 9.10. The van der Waals surface area contributed by atoms with E-state index in [0.717, 1.165) is 32.3 Å². The molecule has 0 radical (unpaired) electrons. The summed E-state index contributed by atoms with van der Waals surface area (Å²) in [4.78, 5) is 4.60. The molecule has 0 fully saturated rings. The monoisotopic (exact) mass is 344 g/mol. The molecule has 0 amide bonds. The first-order valence-corrected chi connectivity index (χ1v) is 7.74. The minimum atomic E-state index is 0.466. The standard InChI is InChI=1S/C13H14BrClN2S/c1-8(2)16-6-13-17-12(7-18-13)10-4-3-9(14)5-11(10)15/h3-5,7-8,16H,6H2,1-2H3. The van der Waals surface area contributed by atoms with E-state index >= 15 is 0 Å². The van der Waals surface area contributed by atoms with Gasteiger partial charge in [-0.1, -0.05) is 47.4 Å². The fraction of sp³-hybridized carbons (Fsp3) is 0.308. The number of hydrogen-bond acceptors (Lipinski definition) is 3. The molecule has 0 spiro atoms. The lowest BCUT2D eigenvalue weighted by Crippen LogP contribution is -2.21. The third-order valence-electron chi connectivity index (χ3n) is 2.42. The number of halogens is 2. The Morgan fingerprint density at radius 1 is 1.44 bits per heavy atom. The molecule has 0 saturated heterocycles. The van der Waals surface area contributed by atoms with Gasteiger partial charge >= 0.3 is 0 Å². The zero-order valence-corrected chi connectivity index (χ0v) is 13.4. The molecule has 1 heterocycles. The van der Waals surface area contributed by atoms with Crippen LogP contribution in [-0.2, 0) is 6.54 Å². The van der Waals surface area contributed by atoms with Gasteiger partial charge in [0.1, 0.15) is 5.01 Å². The van der Waals surface area contributed by atoms with Gasteiger partial charge in [-0.2, -0.15) is 0 Å². The van der Waals surface area contributed by atoms with Gasteiger partial charge in [0.25, 0.3) is 0 Å². The number of nitrogens with zero attached hydrogens (tertiary/aromatic N) is 1. The van der Waals surface area contributed by atoms with Crippen LogP contribution in [0, 0.1) is 0 Å². The van der Waals surface area contributed by atoms with E-state index < -0.39 is 0 Å². The second-order valence-electron chi connectivity index (χ2n) is 4.29. The maximum atomic E-state index is 6.22. The normalized spacial score (nSPS) is 11.2. The number of rotatable bonds is 4. The summed E-state index contributed by atoms with van der Waals surface area (Å²) in [5.74, 6) is 0. The van der Waals surface area contributed by atoms with Gasteiger partial charge in [-0.3, -0.25) is 0 Å². The SMILES string of the molecule is CC(C)NCc1nc(-c2ccc(Br)cc2Cl)cs1. The third-order valence-corrected chi connectivity index (χ3v) is 4.08. The van der Waals surface area contributed by atoms with Gasteiger partial charge in [0.2, 0.25) is 0 Å². The number of nitrogens with one attached hydrogen (secondary N) is 1. The molecule has 0 saturated carbocycles. The molecule has 0 aliphatic rings. The molecule has 0 atom stereocenters. The van der Waals surface area contributed by atoms with Gasteiger partial charge in [0.05, 0.1) is 10.7 Å². The summed E-state index contributed by atoms with van der Waals surface area (Å²) < 4.78 is 0.980. The van der Waals surface area contributed by atoms with Crippen molar-refractivity contribution in [1.29, 1.82) is 0 Å². The van der Waals surface area contributed by atoms with Crippen molar-refractivity contribution in [3.63, 3.8) is 0 Å². The average Bonchev–Trinajstić information content (AvgIpc) is 2.75. The van der Waals surface area contributed by atoms with Crippen LogP contribution in [0.15, 0.2) is 28.1 Å². The van der Waals surface area contributed by atoms with Crippen molar-refractivity contribution < 1.29 is 0 Å². The lowest BCUT2D eigenvalue weighted by Gasteiger charge is -2.04. The molecule has 2 nitrogen and oxygen atoms in total. The summed E-state index contributed by atoms with van der Waals surface area (Å²) in [5, 5.41) is 7.21. The zero-order valence-electron chi connectivity index (χ0n) is 10.2. The van der Waals surface area contributed by atoms with Crippen molar-refractivity contribution in [2.75, 3.05) is 0 Å². The highest BCUT2D eigenvalue weighted by atomic mass is 79.9. The van der Waals surface area contributed by atoms with E-state index in [2.05, 4.69) is 40.1 Å². The van der Waals surface area contributed by atoms with Gasteiger partial charge in [0.15, 0.2) is 0 Å². The Hall–Kier alpha value is -0.420. The Morgan fingerprint density at radius 2 is 2.22 bits per heavy atom. The highest BCUT2D eigenvalue weighted by Gasteiger charge is 2.08. The smallest absolute Gasteiger partial charge is 0.107 e. The number of thiazole rings is 1. The molecular weight excluding hydrogens is 332 g/mol. The minimum absolute atomic E-state index is 0.466. The molecule has 1 aromatic carbocycles. The van der Waals surface area contributed by atoms with Crippen molar-refractivity contribution >= 4 is 38.9 Å². The van der Waals surface area contributed by atoms with Crippen LogP contribution in [0.1, 0.15) is 18.9 Å². The van der Waals surface area contributed by atoms with Crippen LogP contribution in [0.2, 0.25) is 5.02 Å². The summed E-state index contributed by atoms with van der Waals surface area (Å²) in [6, 6.07) is 6.32. The van der Waals surface area contributed by atoms with Crippen molar-refractivity contribution in [1.82, 2.24) is 10.3 Å². The van der Waals surface area contributed by atoms with Gasteiger partial charge in [-0.25, -0.2) is 4.98 Å². The molecule has 0 bridgehead atoms. The Bertz CT molecular complexity index is 540. The summed E-state index contributed by atoms with van der Waals surface area (Å²) in [6.45, 7) is 5.05. The average molecular weight is 346 g/mol. The molecule has 0 unspecified atom stereocenters. The van der Waals surface area contributed by atoms with E-state index in [-0.39, 0.29) is 0 Å². The van der Waals surface area contributed by atoms with E-state index in [1.807, 2.05) is 23.6 Å². The molecule has 2 aromatic rings. The molecular formula is C13H14BrClN2S. The minimum Gasteiger partial charge on any atom is -0.308 e. The first kappa shape index (κ1) is 14.0. The van der Waals surface area contributed by atoms with E-state index in [9.17, 15) is 0 Å². The van der Waals surface area contributed by atoms with Crippen LogP contribution in [0.5, 0.6) is 0 Å². The Labute approximate surface area is 125 Å². The highest BCUT2D eigenvalue weighted by Crippen LogP contribution is 2.31. The predicted molar refractivity (Wildman–Crippen MR) is 82.2 cm³/mol. The van der Waals surface area contributed by atoms with E-state index in [1.165, 1.54) is 0 Å². The molecule has 0 aliphatic carbocycles. The molecule has 96 valence electrons. The van der Waals surface area contributed by atoms with Gasteiger partial charge in [0, 0.05) is 28.0 Å². The summed E-state index contributed by atoms with van der Waals surface area (Å²) in [6.07, 6.45) is 0. The van der Waals surface area contributed by atoms with E-state index in [4.69, 9.17) is 11.6 Å². The van der Waals surface area contributed by atoms with Crippen molar-refractivity contribution in [3.05, 3.63) is 38.1 Å². The van der Waals surface area contributed by atoms with Crippen molar-refractivity contribution in [3.8, 4) is 11.3 Å². The molecule has 5 heteroatoms. The lowest BCUT2D eigenvalue weighted by atomic mass is 10.2. The first-order chi connectivity index (χ1) is 8.56. The number of aromatic nitrogens is 1. The van der Waals surface area contributed by atoms with Crippen LogP contribution < -0.4 is 5.32 Å². The maximum Gasteiger partial charge on any atom is 0.107 e. The number of hydrogen-bond donors (Lipinski definition) is 1. The zero-order chi connectivity index (χ0) is 13.1. The van der Waals surface area contributed by atoms with Crippen molar-refractivity contribution in [2.24, 2.45) is 0 Å². The quantitative estimate of drug-likeness (QED) is 0.867. The van der Waals surface area contributed by atoms with Gasteiger partial charge in [-0.05, 0) is 12.1 Å². The second-order valence-corrected chi connectivity index (χ2v) is 6.55. The fourth-order valence-electron chi connectivity index (χ4n) is 1.50. The van der Waals surface area contributed by atoms with Crippen LogP contribution in [0.4, 0.5) is 0 Å². The molecule has 2 rings (SSSR count). The van der Waals surface area contributed by atoms with Crippen LogP contribution >= 0.6 is 38.9 Å². The Kier molecular flexibility index (Phi) is 4.78. The summed E-state index contributed by atoms with van der Waals surface area (Å²) >= 11 is 11.3. The molecule has 0 aliphatic heterocycles. The van der Waals surface area contributed by atoms with E-state index in [0.29, 0.717) is 6.04 Å². The number of benzene rings is 1. The molecule has 1 aromatic heterocycles. The second kappa shape index (κ2) is 6.15. The van der Waals surface area contributed by atoms with Crippen LogP contribution in [0.25, 0.3) is 11.3 Å². The molecule has 1 N–H and O–H groups in total. The Balaban J connectivity index is 2.18. The van der Waals surface area contributed by atoms with Crippen LogP contribution in [-0.4, -0.2) is 11.0 Å². The third kappa shape index (κ3) is 3.54. The van der Waals surface area contributed by atoms with Crippen LogP contribution in [0.3, 0.4) is 0 Å². The fourth-order valence-corrected chi connectivity index (χ4v) is 3.02. The van der Waals surface area contributed by atoms with Crippen molar-refractivity contribution in [2.45, 2.75) is 26.4 Å². The summed E-state index contributed by atoms with van der Waals surface area (Å²) in [7, 11) is 0. The predicted octanol–water partition coefficient (Wildman–Crippen LogP) is 4.72. The first-order valence-electron chi connectivity index (χ1n) is 5.69. The van der Waals surface area contributed by atoms with Gasteiger partial charge in [-0.15, -0.1) is 11.3 Å².